The Morgan fingerprint density at radius 3 is 2.40 bits per heavy atom. The molecule has 87 valence electrons. The minimum absolute atomic E-state index is 0. The van der Waals surface area contributed by atoms with Gasteiger partial charge in [0.2, 0.25) is 0 Å². The van der Waals surface area contributed by atoms with Crippen LogP contribution in [0.25, 0.3) is 0 Å². The smallest absolute Gasteiger partial charge is 0.147 e. The molecule has 0 aromatic carbocycles. The molecule has 15 heavy (non-hydrogen) atoms. The summed E-state index contributed by atoms with van der Waals surface area (Å²) in [6.07, 6.45) is 6.75. The van der Waals surface area contributed by atoms with Gasteiger partial charge in [0.15, 0.2) is 0 Å². The van der Waals surface area contributed by atoms with E-state index in [1.165, 1.54) is 9.07 Å². The van der Waals surface area contributed by atoms with Gasteiger partial charge in [0, 0.05) is 0 Å². The molecule has 0 saturated carbocycles. The summed E-state index contributed by atoms with van der Waals surface area (Å²) in [6, 6.07) is 0. The Balaban J connectivity index is 0. The van der Waals surface area contributed by atoms with Crippen LogP contribution in [0.2, 0.25) is 13.1 Å². The molecule has 0 heterocycles. The fourth-order valence-corrected chi connectivity index (χ4v) is 5.45. The zero-order valence-corrected chi connectivity index (χ0v) is 13.7. The van der Waals surface area contributed by atoms with Crippen molar-refractivity contribution in [1.29, 1.82) is 0 Å². The molecule has 0 radical (unpaired) electrons. The molecule has 0 saturated heterocycles. The maximum Gasteiger partial charge on any atom is -0.147 e. The molecule has 1 rings (SSSR count). The van der Waals surface area contributed by atoms with E-state index in [2.05, 4.69) is 52.6 Å². The van der Waals surface area contributed by atoms with Crippen molar-refractivity contribution in [2.75, 3.05) is 6.61 Å². The second-order valence-electron chi connectivity index (χ2n) is 3.86. The first-order chi connectivity index (χ1) is 6.08. The maximum absolute atomic E-state index is 5.96. The topological polar surface area (TPSA) is 9.23 Å². The van der Waals surface area contributed by atoms with Crippen molar-refractivity contribution in [3.8, 4) is 0 Å². The van der Waals surface area contributed by atoms with Crippen molar-refractivity contribution in [2.24, 2.45) is 0 Å². The van der Waals surface area contributed by atoms with E-state index < -0.39 is 8.32 Å². The molecule has 0 N–H and O–H groups in total. The largest absolute Gasteiger partial charge is 0.147 e. The molecular formula is C10H19Cl2OSiTi. The van der Waals surface area contributed by atoms with E-state index in [4.69, 9.17) is 4.43 Å². The van der Waals surface area contributed by atoms with Gasteiger partial charge in [0.25, 0.3) is 0 Å². The molecule has 0 aromatic heterocycles. The Morgan fingerprint density at radius 1 is 1.40 bits per heavy atom. The van der Waals surface area contributed by atoms with Crippen molar-refractivity contribution < 1.29 is 24.9 Å². The molecule has 0 spiro atoms. The van der Waals surface area contributed by atoms with Crippen LogP contribution >= 0.6 is 24.8 Å². The molecule has 0 bridgehead atoms. The van der Waals surface area contributed by atoms with Crippen LogP contribution in [0.15, 0.2) is 21.2 Å². The fourth-order valence-electron chi connectivity index (χ4n) is 1.50. The number of hydrogen-bond acceptors (Lipinski definition) is 1. The van der Waals surface area contributed by atoms with Crippen molar-refractivity contribution in [1.82, 2.24) is 0 Å². The Morgan fingerprint density at radius 2 is 2.00 bits per heavy atom. The van der Waals surface area contributed by atoms with Crippen LogP contribution in [0.5, 0.6) is 0 Å². The maximum atomic E-state index is 5.96. The van der Waals surface area contributed by atoms with E-state index in [0.29, 0.717) is 0 Å². The minimum atomic E-state index is -1.56. The average Bonchev–Trinajstić information content (AvgIpc) is 2.48. The zero-order valence-electron chi connectivity index (χ0n) is 9.50. The molecule has 0 unspecified atom stereocenters. The van der Waals surface area contributed by atoms with Gasteiger partial charge in [-0.2, -0.15) is 0 Å². The predicted octanol–water partition coefficient (Wildman–Crippen LogP) is 3.76. The van der Waals surface area contributed by atoms with E-state index in [0.717, 1.165) is 19.4 Å². The molecule has 0 atom stereocenters. The molecule has 0 amide bonds. The van der Waals surface area contributed by atoms with Crippen LogP contribution in [-0.4, -0.2) is 14.9 Å². The van der Waals surface area contributed by atoms with Gasteiger partial charge in [0.1, 0.15) is 0 Å². The molecule has 0 aromatic rings. The Hall–Kier alpha value is 0.951. The standard InChI is InChI=1S/C10H17OSi.2ClH.Ti/c1-4-9-11-12(2,3)10-7-5-6-8-10;;;/h5,7H,4,6,9H2,1-3H3;2*1H;. The molecule has 1 aliphatic rings. The van der Waals surface area contributed by atoms with E-state index >= 15 is 0 Å². The summed E-state index contributed by atoms with van der Waals surface area (Å²) in [6.45, 7) is 7.65. The van der Waals surface area contributed by atoms with Crippen LogP contribution in [0.3, 0.4) is 0 Å². The molecule has 1 nitrogen and oxygen atoms in total. The first-order valence-corrected chi connectivity index (χ1v) is 8.52. The van der Waals surface area contributed by atoms with Crippen LogP contribution in [0.1, 0.15) is 19.8 Å². The van der Waals surface area contributed by atoms with E-state index in [-0.39, 0.29) is 24.8 Å². The third-order valence-electron chi connectivity index (χ3n) is 2.25. The molecule has 5 heteroatoms. The Kier molecular flexibility index (Phi) is 9.90. The SMILES string of the molecule is CCCO[Si](C)(C)C1=[C]([Ti])CC=C1.Cl.Cl. The summed E-state index contributed by atoms with van der Waals surface area (Å²) < 4.78 is 7.47. The number of allylic oxidation sites excluding steroid dienone is 4. The summed E-state index contributed by atoms with van der Waals surface area (Å²) in [7, 11) is -1.56. The molecule has 0 aliphatic heterocycles. The second kappa shape index (κ2) is 8.10. The van der Waals surface area contributed by atoms with E-state index in [9.17, 15) is 0 Å². The Bertz CT molecular complexity index is 252. The molecule has 1 aliphatic carbocycles. The third kappa shape index (κ3) is 5.20. The summed E-state index contributed by atoms with van der Waals surface area (Å²) in [4.78, 5) is 0. The number of halogens is 2. The van der Waals surface area contributed by atoms with Crippen LogP contribution in [-0.2, 0) is 24.9 Å². The van der Waals surface area contributed by atoms with Gasteiger partial charge < -0.3 is 0 Å². The van der Waals surface area contributed by atoms with Crippen molar-refractivity contribution >= 4 is 33.1 Å². The summed E-state index contributed by atoms with van der Waals surface area (Å²) in [5.41, 5.74) is 0. The summed E-state index contributed by atoms with van der Waals surface area (Å²) in [5, 5.41) is 1.50. The van der Waals surface area contributed by atoms with Gasteiger partial charge in [-0.25, -0.2) is 0 Å². The fraction of sp³-hybridized carbons (Fsp3) is 0.600. The Labute approximate surface area is 118 Å². The van der Waals surface area contributed by atoms with Gasteiger partial charge in [-0.1, -0.05) is 0 Å². The summed E-state index contributed by atoms with van der Waals surface area (Å²) in [5.74, 6) is 0. The van der Waals surface area contributed by atoms with Crippen LogP contribution in [0, 0.1) is 0 Å². The third-order valence-corrected chi connectivity index (χ3v) is 6.07. The van der Waals surface area contributed by atoms with Gasteiger partial charge in [0.05, 0.1) is 0 Å². The van der Waals surface area contributed by atoms with Crippen molar-refractivity contribution in [3.05, 3.63) is 21.2 Å². The van der Waals surface area contributed by atoms with Crippen LogP contribution in [0.4, 0.5) is 0 Å². The summed E-state index contributed by atoms with van der Waals surface area (Å²) >= 11 is 2.22. The van der Waals surface area contributed by atoms with Crippen molar-refractivity contribution in [3.63, 3.8) is 0 Å². The zero-order chi connectivity index (χ0) is 9.90. The van der Waals surface area contributed by atoms with Gasteiger partial charge in [-0.05, 0) is 0 Å². The quantitative estimate of drug-likeness (QED) is 0.718. The van der Waals surface area contributed by atoms with Gasteiger partial charge >= 0.3 is 93.9 Å². The van der Waals surface area contributed by atoms with E-state index in [1.54, 1.807) is 0 Å². The first-order valence-electron chi connectivity index (χ1n) is 4.83. The monoisotopic (exact) mass is 301 g/mol. The second-order valence-corrected chi connectivity index (χ2v) is 8.65. The number of rotatable bonds is 4. The van der Waals surface area contributed by atoms with Crippen LogP contribution < -0.4 is 0 Å². The first kappa shape index (κ1) is 18.3. The van der Waals surface area contributed by atoms with Crippen molar-refractivity contribution in [2.45, 2.75) is 32.9 Å². The minimum Gasteiger partial charge on any atom is -0.147 e. The average molecular weight is 302 g/mol. The van der Waals surface area contributed by atoms with E-state index in [1.807, 2.05) is 0 Å². The predicted molar refractivity (Wildman–Crippen MR) is 69.0 cm³/mol. The van der Waals surface area contributed by atoms with Gasteiger partial charge in [-0.15, -0.1) is 24.8 Å². The number of hydrogen-bond donors (Lipinski definition) is 0. The molecule has 0 fully saturated rings. The normalized spacial score (nSPS) is 14.8. The van der Waals surface area contributed by atoms with Gasteiger partial charge in [-0.3, -0.25) is 0 Å². The molecular weight excluding hydrogens is 283 g/mol.